The van der Waals surface area contributed by atoms with Crippen molar-refractivity contribution in [3.05, 3.63) is 46.5 Å². The van der Waals surface area contributed by atoms with Gasteiger partial charge in [-0.05, 0) is 174 Å². The number of azo groups is 1. The molecule has 2 aliphatic carbocycles. The van der Waals surface area contributed by atoms with Crippen LogP contribution in [0.5, 0.6) is 0 Å². The second kappa shape index (κ2) is 49.5. The quantitative estimate of drug-likeness (QED) is 0.252. The summed E-state index contributed by atoms with van der Waals surface area (Å²) in [6.45, 7) is 6.13. The van der Waals surface area contributed by atoms with Crippen molar-refractivity contribution < 1.29 is 0 Å². The molecule has 0 saturated carbocycles. The lowest BCUT2D eigenvalue weighted by Gasteiger charge is -2.04. The van der Waals surface area contributed by atoms with Gasteiger partial charge in [-0.2, -0.15) is 10.2 Å². The SMILES string of the molecule is C.CC#CC#CC#CC#CC#CC#CC#CC#CC#CC#CC#CC#CC#CC#CC#CC#CC#CC#CC#CC#CC#CC#CC#CC#CC#CC#CC#CC#CC#CC.CCN=NC.c1cc2c3c(ccc4c3c1CC4)CC2. The van der Waals surface area contributed by atoms with E-state index in [4.69, 9.17) is 0 Å². The molecule has 2 nitrogen and oxygen atoms in total. The summed E-state index contributed by atoms with van der Waals surface area (Å²) in [6.07, 6.45) is 5.04. The van der Waals surface area contributed by atoms with Gasteiger partial charge in [0.25, 0.3) is 0 Å². The van der Waals surface area contributed by atoms with Crippen LogP contribution in [0.15, 0.2) is 34.5 Å². The van der Waals surface area contributed by atoms with Crippen molar-refractivity contribution in [1.82, 2.24) is 0 Å². The van der Waals surface area contributed by atoms with E-state index >= 15 is 0 Å². The fourth-order valence-corrected chi connectivity index (χ4v) is 5.12. The van der Waals surface area contributed by atoms with Crippen molar-refractivity contribution >= 4 is 10.8 Å². The number of benzene rings is 2. The van der Waals surface area contributed by atoms with Gasteiger partial charge in [0.05, 0.1) is 6.54 Å². The molecule has 2 aromatic rings. The van der Waals surface area contributed by atoms with Gasteiger partial charge in [0, 0.05) is 244 Å². The molecule has 0 spiro atoms. The lowest BCUT2D eigenvalue weighted by Crippen LogP contribution is -1.82. The second-order valence-corrected chi connectivity index (χ2v) is 12.7. The van der Waals surface area contributed by atoms with Gasteiger partial charge in [0.2, 0.25) is 0 Å². The summed E-state index contributed by atoms with van der Waals surface area (Å²) in [5.41, 5.74) is 6.34. The van der Waals surface area contributed by atoms with Crippen LogP contribution in [0, 0.1) is 343 Å². The lowest BCUT2D eigenvalue weighted by molar-refractivity contribution is 0.976. The van der Waals surface area contributed by atoms with Crippen LogP contribution in [0.4, 0.5) is 0 Å². The minimum absolute atomic E-state index is 0. The summed E-state index contributed by atoms with van der Waals surface area (Å²) in [4.78, 5) is 0. The molecule has 2 aromatic carbocycles. The third-order valence-corrected chi connectivity index (χ3v) is 7.80. The molecule has 0 atom stereocenters. The summed E-state index contributed by atoms with van der Waals surface area (Å²) in [5.74, 6) is 146. The van der Waals surface area contributed by atoms with Crippen LogP contribution >= 0.6 is 0 Å². The van der Waals surface area contributed by atoms with E-state index in [0.717, 1.165) is 6.54 Å². The summed E-state index contributed by atoms with van der Waals surface area (Å²) in [7, 11) is 1.67. The van der Waals surface area contributed by atoms with Crippen molar-refractivity contribution in [2.45, 2.75) is 53.9 Å². The molecular weight excluding hydrogens is 965 g/mol. The zero-order chi connectivity index (χ0) is 56.3. The third kappa shape index (κ3) is 34.8. The molecule has 0 unspecified atom stereocenters. The number of hydrogen-bond acceptors (Lipinski definition) is 2. The first-order valence-corrected chi connectivity index (χ1v) is 22.4. The fraction of sp³-hybridized carbons (Fsp3) is 0.128. The molecule has 0 N–H and O–H groups in total. The molecule has 0 saturated heterocycles. The highest BCUT2D eigenvalue weighted by molar-refractivity contribution is 5.97. The van der Waals surface area contributed by atoms with Gasteiger partial charge in [-0.3, -0.25) is 0 Å². The van der Waals surface area contributed by atoms with Crippen LogP contribution in [0.25, 0.3) is 10.8 Å². The fourth-order valence-electron chi connectivity index (χ4n) is 5.12. The van der Waals surface area contributed by atoms with E-state index in [1.54, 1.807) is 53.9 Å². The van der Waals surface area contributed by atoms with Gasteiger partial charge in [-0.25, -0.2) is 0 Å². The lowest BCUT2D eigenvalue weighted by atomic mass is 10.0. The van der Waals surface area contributed by atoms with Crippen LogP contribution in [0.1, 0.15) is 50.5 Å². The molecule has 2 heteroatoms. The van der Waals surface area contributed by atoms with Gasteiger partial charge in [-0.1, -0.05) is 43.5 Å². The largest absolute Gasteiger partial charge is 0.198 e. The maximum absolute atomic E-state index is 3.60. The normalized spacial score (nSPS) is 6.55. The number of hydrogen-bond donors (Lipinski definition) is 0. The van der Waals surface area contributed by atoms with Gasteiger partial charge in [0.1, 0.15) is 0 Å². The Morgan fingerprint density at radius 1 is 0.250 bits per heavy atom. The van der Waals surface area contributed by atoms with E-state index in [2.05, 4.69) is 378 Å². The first kappa shape index (κ1) is 63.6. The molecule has 4 rings (SSSR count). The molecule has 0 radical (unpaired) electrons. The van der Waals surface area contributed by atoms with Gasteiger partial charge in [0.15, 0.2) is 0 Å². The van der Waals surface area contributed by atoms with Gasteiger partial charge in [-0.15, -0.1) is 0 Å². The zero-order valence-electron chi connectivity index (χ0n) is 42.7. The van der Waals surface area contributed by atoms with Crippen LogP contribution in [-0.4, -0.2) is 13.6 Å². The van der Waals surface area contributed by atoms with E-state index in [1.807, 2.05) is 6.92 Å². The molecule has 0 fully saturated rings. The Kier molecular flexibility index (Phi) is 39.3. The van der Waals surface area contributed by atoms with E-state index in [1.165, 1.54) is 25.7 Å². The van der Waals surface area contributed by atoms with Crippen molar-refractivity contribution in [2.24, 2.45) is 10.2 Å². The highest BCUT2D eigenvalue weighted by Crippen LogP contribution is 2.38. The van der Waals surface area contributed by atoms with Crippen LogP contribution in [0.2, 0.25) is 0 Å². The predicted octanol–water partition coefficient (Wildman–Crippen LogP) is 5.89. The van der Waals surface area contributed by atoms with E-state index in [-0.39, 0.29) is 7.43 Å². The van der Waals surface area contributed by atoms with Crippen molar-refractivity contribution in [3.63, 3.8) is 0 Å². The Labute approximate surface area is 475 Å². The average Bonchev–Trinajstić information content (AvgIpc) is 4.10. The molecule has 0 aromatic heterocycles. The van der Waals surface area contributed by atoms with Crippen molar-refractivity contribution in [2.75, 3.05) is 13.6 Å². The molecule has 0 aliphatic heterocycles. The molecule has 352 valence electrons. The van der Waals surface area contributed by atoms with Gasteiger partial charge >= 0.3 is 0 Å². The van der Waals surface area contributed by atoms with Crippen LogP contribution in [-0.2, 0) is 25.7 Å². The van der Waals surface area contributed by atoms with E-state index < -0.39 is 0 Å². The molecule has 0 heterocycles. The van der Waals surface area contributed by atoms with E-state index in [9.17, 15) is 0 Å². The summed E-state index contributed by atoms with van der Waals surface area (Å²) in [5, 5.41) is 10.3. The summed E-state index contributed by atoms with van der Waals surface area (Å²) < 4.78 is 0. The summed E-state index contributed by atoms with van der Waals surface area (Å²) >= 11 is 0. The van der Waals surface area contributed by atoms with Crippen molar-refractivity contribution in [3.8, 4) is 343 Å². The highest BCUT2D eigenvalue weighted by Gasteiger charge is 2.21. The number of rotatable bonds is 1. The number of nitrogens with zero attached hydrogens (tertiary/aromatic N) is 2. The first-order chi connectivity index (χ1) is 39.3. The monoisotopic (exact) mass is 994 g/mol. The Morgan fingerprint density at radius 3 is 0.463 bits per heavy atom. The molecular formula is C78H30N2. The Hall–Kier alpha value is -14.5. The summed E-state index contributed by atoms with van der Waals surface area (Å²) in [6, 6.07) is 9.40. The molecule has 80 heavy (non-hydrogen) atoms. The minimum Gasteiger partial charge on any atom is -0.198 e. The topological polar surface area (TPSA) is 24.7 Å². The van der Waals surface area contributed by atoms with Crippen LogP contribution < -0.4 is 0 Å². The second-order valence-electron chi connectivity index (χ2n) is 12.7. The standard InChI is InChI=1S/C60H6.C14H12.C3H8N2.CH4/c1-3-5-7-9-11-13-15-17-19-21-23-25-27-29-31-33-35-37-39-41-43-45-47-49-51-53-55-57-59-60-58-56-54-52-50-48-46-44-42-40-38-36-34-32-30-28-26-24-22-20-18-16-14-12-10-8-6-4-2;1-2-10-7-8-12-4-3-11-6-5-9(1)13(10)14(11)12;1-3-5-4-2;/h1-2H3;5-8H,1-4H2;3H2,1-2H3;1H4. The maximum atomic E-state index is 3.60. The molecule has 2 aliphatic rings. The highest BCUT2D eigenvalue weighted by atomic mass is 15.1. The Morgan fingerprint density at radius 2 is 0.375 bits per heavy atom. The molecule has 0 bridgehead atoms. The number of aryl methyl sites for hydroxylation is 4. The third-order valence-electron chi connectivity index (χ3n) is 7.80. The van der Waals surface area contributed by atoms with E-state index in [0.29, 0.717) is 0 Å². The zero-order valence-corrected chi connectivity index (χ0v) is 42.7. The van der Waals surface area contributed by atoms with Gasteiger partial charge < -0.3 is 0 Å². The maximum Gasteiger partial charge on any atom is 0.0570 e. The van der Waals surface area contributed by atoms with Crippen LogP contribution in [0.3, 0.4) is 0 Å². The predicted molar refractivity (Wildman–Crippen MR) is 324 cm³/mol. The minimum atomic E-state index is 0. The first-order valence-electron chi connectivity index (χ1n) is 22.4. The Bertz CT molecular complexity index is 4500. The van der Waals surface area contributed by atoms with Crippen molar-refractivity contribution in [1.29, 1.82) is 0 Å². The smallest absolute Gasteiger partial charge is 0.0570 e. The Balaban J connectivity index is 0.00000130. The molecule has 0 amide bonds. The average molecular weight is 995 g/mol.